The first kappa shape index (κ1) is 16.6. The average Bonchev–Trinajstić information content (AvgIpc) is 1.95. The lowest BCUT2D eigenvalue weighted by Gasteiger charge is -1.93. The molecule has 0 rings (SSSR count). The van der Waals surface area contributed by atoms with Crippen LogP contribution in [0.1, 0.15) is 52.4 Å². The highest BCUT2D eigenvalue weighted by atomic mass is 35.6. The van der Waals surface area contributed by atoms with Gasteiger partial charge in [-0.2, -0.15) is 0 Å². The van der Waals surface area contributed by atoms with Crippen LogP contribution in [0.3, 0.4) is 0 Å². The lowest BCUT2D eigenvalue weighted by molar-refractivity contribution is 0.624. The van der Waals surface area contributed by atoms with Gasteiger partial charge in [-0.1, -0.05) is 98.8 Å². The summed E-state index contributed by atoms with van der Waals surface area (Å²) in [6.07, 6.45) is 8.49. The molecule has 13 heavy (non-hydrogen) atoms. The van der Waals surface area contributed by atoms with E-state index >= 15 is 0 Å². The molecule has 0 saturated heterocycles. The first-order valence-electron chi connectivity index (χ1n) is 4.67. The molecule has 82 valence electrons. The van der Waals surface area contributed by atoms with Crippen LogP contribution in [-0.4, -0.2) is 3.25 Å². The Bertz CT molecular complexity index is 76.1. The summed E-state index contributed by atoms with van der Waals surface area (Å²) in [5.41, 5.74) is 0. The second-order valence-electron chi connectivity index (χ2n) is 2.84. The van der Waals surface area contributed by atoms with Gasteiger partial charge in [-0.25, -0.2) is 0 Å². The Morgan fingerprint density at radius 3 is 1.08 bits per heavy atom. The molecule has 0 heterocycles. The first-order chi connectivity index (χ1) is 5.91. The van der Waals surface area contributed by atoms with Gasteiger partial charge in [0.15, 0.2) is 0 Å². The van der Waals surface area contributed by atoms with Gasteiger partial charge in [0.05, 0.1) is 0 Å². The van der Waals surface area contributed by atoms with Crippen molar-refractivity contribution in [1.82, 2.24) is 0 Å². The van der Waals surface area contributed by atoms with E-state index < -0.39 is 3.25 Å². The van der Waals surface area contributed by atoms with Crippen LogP contribution in [0, 0.1) is 0 Å². The summed E-state index contributed by atoms with van der Waals surface area (Å²) in [4.78, 5) is 0. The van der Waals surface area contributed by atoms with E-state index in [9.17, 15) is 0 Å². The summed E-state index contributed by atoms with van der Waals surface area (Å²) in [7, 11) is 0. The Morgan fingerprint density at radius 2 is 0.923 bits per heavy atom. The van der Waals surface area contributed by atoms with Gasteiger partial charge in [0.1, 0.15) is 0 Å². The van der Waals surface area contributed by atoms with Gasteiger partial charge in [-0.05, 0) is 0 Å². The summed E-state index contributed by atoms with van der Waals surface area (Å²) in [6, 6.07) is 0. The first-order valence-corrected chi connectivity index (χ1v) is 6.18. The third kappa shape index (κ3) is 43.2. The average molecular weight is 268 g/mol. The predicted molar refractivity (Wildman–Crippen MR) is 65.2 cm³/mol. The van der Waals surface area contributed by atoms with Gasteiger partial charge >= 0.3 is 0 Å². The third-order valence-corrected chi connectivity index (χ3v) is 1.46. The van der Waals surface area contributed by atoms with Crippen molar-refractivity contribution >= 4 is 46.4 Å². The normalized spacial score (nSPS) is 10.6. The third-order valence-electron chi connectivity index (χ3n) is 1.46. The van der Waals surface area contributed by atoms with Crippen molar-refractivity contribution in [3.8, 4) is 0 Å². The summed E-state index contributed by atoms with van der Waals surface area (Å²) in [5.74, 6) is 0. The van der Waals surface area contributed by atoms with Gasteiger partial charge in [0.2, 0.25) is 0 Å². The van der Waals surface area contributed by atoms with Crippen molar-refractivity contribution in [2.24, 2.45) is 0 Å². The smallest absolute Gasteiger partial charge is 0.0664 e. The Balaban J connectivity index is 0. The van der Waals surface area contributed by atoms with Crippen LogP contribution in [0.4, 0.5) is 0 Å². The number of alkyl halides is 4. The molecule has 0 bridgehead atoms. The molecule has 0 aliphatic rings. The van der Waals surface area contributed by atoms with E-state index in [0.717, 1.165) is 0 Å². The van der Waals surface area contributed by atoms with Crippen molar-refractivity contribution in [2.45, 2.75) is 55.6 Å². The Kier molecular flexibility index (Phi) is 14.3. The number of hydrogen-bond donors (Lipinski definition) is 0. The molecule has 0 atom stereocenters. The van der Waals surface area contributed by atoms with E-state index in [4.69, 9.17) is 46.4 Å². The minimum absolute atomic E-state index is 1.36. The lowest BCUT2D eigenvalue weighted by atomic mass is 10.1. The van der Waals surface area contributed by atoms with E-state index in [1.54, 1.807) is 0 Å². The topological polar surface area (TPSA) is 0 Å². The summed E-state index contributed by atoms with van der Waals surface area (Å²) in [5, 5.41) is 0. The van der Waals surface area contributed by atoms with Gasteiger partial charge < -0.3 is 0 Å². The second-order valence-corrected chi connectivity index (χ2v) is 6.27. The van der Waals surface area contributed by atoms with Crippen LogP contribution < -0.4 is 0 Å². The Hall–Kier alpha value is 1.16. The molecule has 0 aromatic carbocycles. The molecule has 0 nitrogen and oxygen atoms in total. The van der Waals surface area contributed by atoms with E-state index in [2.05, 4.69) is 13.8 Å². The summed E-state index contributed by atoms with van der Waals surface area (Å²) < 4.78 is -1.61. The van der Waals surface area contributed by atoms with Crippen LogP contribution in [0.15, 0.2) is 0 Å². The van der Waals surface area contributed by atoms with Crippen LogP contribution in [-0.2, 0) is 0 Å². The SMILES string of the molecule is CCCCCCCC.ClC(Cl)(Cl)Cl. The molecule has 0 fully saturated rings. The largest absolute Gasteiger partial charge is 0.266 e. The fourth-order valence-electron chi connectivity index (χ4n) is 0.854. The molecule has 0 spiro atoms. The van der Waals surface area contributed by atoms with Crippen molar-refractivity contribution in [3.05, 3.63) is 0 Å². The van der Waals surface area contributed by atoms with Crippen molar-refractivity contribution in [1.29, 1.82) is 0 Å². The number of halogens is 4. The molecule has 0 aliphatic heterocycles. The van der Waals surface area contributed by atoms with E-state index in [1.165, 1.54) is 38.5 Å². The van der Waals surface area contributed by atoms with Crippen LogP contribution in [0.25, 0.3) is 0 Å². The second kappa shape index (κ2) is 11.2. The minimum Gasteiger partial charge on any atom is -0.0664 e. The molecule has 0 amide bonds. The van der Waals surface area contributed by atoms with Gasteiger partial charge in [0, 0.05) is 0 Å². The zero-order valence-electron chi connectivity index (χ0n) is 8.25. The van der Waals surface area contributed by atoms with E-state index in [0.29, 0.717) is 0 Å². The Labute approximate surface area is 102 Å². The predicted octanol–water partition coefficient (Wildman–Crippen LogP) is 5.92. The molecule has 0 N–H and O–H groups in total. The molecular formula is C9H18Cl4. The highest BCUT2D eigenvalue weighted by Gasteiger charge is 2.11. The zero-order valence-corrected chi connectivity index (χ0v) is 11.3. The fraction of sp³-hybridized carbons (Fsp3) is 1.00. The van der Waals surface area contributed by atoms with E-state index in [-0.39, 0.29) is 0 Å². The maximum atomic E-state index is 4.83. The number of unbranched alkanes of at least 4 members (excludes halogenated alkanes) is 5. The van der Waals surface area contributed by atoms with Crippen LogP contribution in [0.5, 0.6) is 0 Å². The van der Waals surface area contributed by atoms with Gasteiger partial charge in [-0.3, -0.25) is 0 Å². The summed E-state index contributed by atoms with van der Waals surface area (Å²) in [6.45, 7) is 4.51. The van der Waals surface area contributed by atoms with Gasteiger partial charge in [-0.15, -0.1) is 0 Å². The van der Waals surface area contributed by atoms with E-state index in [1.807, 2.05) is 0 Å². The van der Waals surface area contributed by atoms with Crippen molar-refractivity contribution < 1.29 is 0 Å². The molecule has 0 aromatic rings. The number of rotatable bonds is 5. The molecule has 0 saturated carbocycles. The highest BCUT2D eigenvalue weighted by molar-refractivity contribution is 6.83. The standard InChI is InChI=1S/C8H18.CCl4/c1-3-5-7-8-6-4-2;2-1(3,4)5/h3-8H2,1-2H3;. The van der Waals surface area contributed by atoms with Crippen LogP contribution in [0.2, 0.25) is 0 Å². The molecule has 4 heteroatoms. The molecule has 0 aliphatic carbocycles. The summed E-state index contributed by atoms with van der Waals surface area (Å²) >= 11 is 19.3. The van der Waals surface area contributed by atoms with Crippen LogP contribution >= 0.6 is 46.4 Å². The lowest BCUT2D eigenvalue weighted by Crippen LogP contribution is -1.81. The quantitative estimate of drug-likeness (QED) is 0.428. The maximum Gasteiger partial charge on any atom is 0.266 e. The zero-order chi connectivity index (χ0) is 10.7. The van der Waals surface area contributed by atoms with Gasteiger partial charge in [0.25, 0.3) is 3.25 Å². The molecule has 0 unspecified atom stereocenters. The van der Waals surface area contributed by atoms with Crippen molar-refractivity contribution in [2.75, 3.05) is 0 Å². The Morgan fingerprint density at radius 1 is 0.692 bits per heavy atom. The monoisotopic (exact) mass is 266 g/mol. The molecular weight excluding hydrogens is 250 g/mol. The minimum atomic E-state index is -1.61. The highest BCUT2D eigenvalue weighted by Crippen LogP contribution is 2.29. The van der Waals surface area contributed by atoms with Crippen molar-refractivity contribution in [3.63, 3.8) is 0 Å². The number of hydrogen-bond acceptors (Lipinski definition) is 0. The molecule has 0 aromatic heterocycles. The maximum absolute atomic E-state index is 4.83. The molecule has 0 radical (unpaired) electrons. The fourth-order valence-corrected chi connectivity index (χ4v) is 0.854.